The molecule has 2 saturated heterocycles. The predicted molar refractivity (Wildman–Crippen MR) is 62.0 cm³/mol. The minimum absolute atomic E-state index is 0.670. The Morgan fingerprint density at radius 1 is 1.31 bits per heavy atom. The second kappa shape index (κ2) is 4.91. The SMILES string of the molecule is [CH2]N1CCSC(C2NCCCS2)C1. The van der Waals surface area contributed by atoms with E-state index in [1.165, 1.54) is 24.5 Å². The van der Waals surface area contributed by atoms with Crippen molar-refractivity contribution >= 4 is 23.5 Å². The van der Waals surface area contributed by atoms with Gasteiger partial charge >= 0.3 is 0 Å². The smallest absolute Gasteiger partial charge is 0.0665 e. The minimum Gasteiger partial charge on any atom is -0.304 e. The van der Waals surface area contributed by atoms with Crippen molar-refractivity contribution in [2.75, 3.05) is 31.1 Å². The van der Waals surface area contributed by atoms with Gasteiger partial charge in [0.25, 0.3) is 0 Å². The second-order valence-electron chi connectivity index (χ2n) is 3.59. The van der Waals surface area contributed by atoms with Crippen LogP contribution in [-0.4, -0.2) is 46.7 Å². The topological polar surface area (TPSA) is 15.3 Å². The van der Waals surface area contributed by atoms with Crippen molar-refractivity contribution in [3.8, 4) is 0 Å². The molecule has 2 fully saturated rings. The Balaban J connectivity index is 1.83. The van der Waals surface area contributed by atoms with Gasteiger partial charge in [-0.05, 0) is 18.7 Å². The van der Waals surface area contributed by atoms with E-state index in [-0.39, 0.29) is 0 Å². The molecule has 2 nitrogen and oxygen atoms in total. The van der Waals surface area contributed by atoms with Gasteiger partial charge in [0.15, 0.2) is 0 Å². The zero-order valence-corrected chi connectivity index (χ0v) is 9.50. The lowest BCUT2D eigenvalue weighted by atomic mass is 10.3. The third kappa shape index (κ3) is 2.78. The maximum atomic E-state index is 4.03. The molecular weight excluding hydrogens is 200 g/mol. The maximum absolute atomic E-state index is 4.03. The van der Waals surface area contributed by atoms with Gasteiger partial charge in [-0.25, -0.2) is 0 Å². The molecule has 0 aliphatic carbocycles. The largest absolute Gasteiger partial charge is 0.304 e. The molecule has 1 N–H and O–H groups in total. The summed E-state index contributed by atoms with van der Waals surface area (Å²) in [5.41, 5.74) is 0. The molecule has 0 saturated carbocycles. The van der Waals surface area contributed by atoms with E-state index in [1.807, 2.05) is 0 Å². The van der Waals surface area contributed by atoms with E-state index in [0.717, 1.165) is 18.3 Å². The predicted octanol–water partition coefficient (Wildman–Crippen LogP) is 1.25. The standard InChI is InChI=1S/C9H17N2S2/c1-11-4-6-12-8(7-11)9-10-3-2-5-13-9/h8-10H,1-7H2. The average Bonchev–Trinajstić information content (AvgIpc) is 2.19. The molecule has 2 aliphatic heterocycles. The van der Waals surface area contributed by atoms with Crippen LogP contribution in [0, 0.1) is 7.05 Å². The van der Waals surface area contributed by atoms with Gasteiger partial charge in [0.1, 0.15) is 0 Å². The third-order valence-electron chi connectivity index (χ3n) is 2.48. The molecule has 75 valence electrons. The van der Waals surface area contributed by atoms with Crippen LogP contribution < -0.4 is 5.32 Å². The fourth-order valence-electron chi connectivity index (χ4n) is 1.74. The van der Waals surface area contributed by atoms with E-state index in [1.54, 1.807) is 0 Å². The molecule has 0 amide bonds. The summed E-state index contributed by atoms with van der Waals surface area (Å²) in [6.07, 6.45) is 1.33. The molecule has 2 atom stereocenters. The van der Waals surface area contributed by atoms with E-state index in [9.17, 15) is 0 Å². The van der Waals surface area contributed by atoms with E-state index in [4.69, 9.17) is 0 Å². The monoisotopic (exact) mass is 217 g/mol. The number of nitrogens with one attached hydrogen (secondary N) is 1. The normalized spacial score (nSPS) is 37.6. The van der Waals surface area contributed by atoms with Gasteiger partial charge in [0.05, 0.1) is 5.37 Å². The van der Waals surface area contributed by atoms with Gasteiger partial charge < -0.3 is 10.2 Å². The molecule has 1 radical (unpaired) electrons. The van der Waals surface area contributed by atoms with Gasteiger partial charge in [0.2, 0.25) is 0 Å². The number of hydrogen-bond donors (Lipinski definition) is 1. The number of thioether (sulfide) groups is 2. The van der Waals surface area contributed by atoms with Gasteiger partial charge in [-0.15, -0.1) is 11.8 Å². The lowest BCUT2D eigenvalue weighted by molar-refractivity contribution is 0.368. The molecule has 0 bridgehead atoms. The first-order valence-corrected chi connectivity index (χ1v) is 6.98. The van der Waals surface area contributed by atoms with Gasteiger partial charge in [-0.3, -0.25) is 0 Å². The summed E-state index contributed by atoms with van der Waals surface area (Å²) in [6, 6.07) is 0. The highest BCUT2D eigenvalue weighted by Gasteiger charge is 2.27. The molecule has 4 heteroatoms. The van der Waals surface area contributed by atoms with Crippen molar-refractivity contribution in [1.82, 2.24) is 10.2 Å². The quantitative estimate of drug-likeness (QED) is 0.711. The minimum atomic E-state index is 0.670. The number of rotatable bonds is 1. The van der Waals surface area contributed by atoms with Crippen LogP contribution in [0.4, 0.5) is 0 Å². The van der Waals surface area contributed by atoms with Crippen molar-refractivity contribution in [2.45, 2.75) is 17.0 Å². The second-order valence-corrected chi connectivity index (χ2v) is 6.18. The zero-order valence-electron chi connectivity index (χ0n) is 7.87. The molecule has 2 unspecified atom stereocenters. The Morgan fingerprint density at radius 3 is 2.92 bits per heavy atom. The van der Waals surface area contributed by atoms with E-state index < -0.39 is 0 Å². The summed E-state index contributed by atoms with van der Waals surface area (Å²) in [5, 5.41) is 5.01. The fraction of sp³-hybridized carbons (Fsp3) is 0.889. The Bertz CT molecular complexity index is 160. The van der Waals surface area contributed by atoms with Crippen LogP contribution >= 0.6 is 23.5 Å². The third-order valence-corrected chi connectivity index (χ3v) is 5.30. The molecule has 2 aliphatic rings. The summed E-state index contributed by atoms with van der Waals surface area (Å²) in [5.74, 6) is 2.57. The van der Waals surface area contributed by atoms with Crippen LogP contribution in [0.1, 0.15) is 6.42 Å². The first kappa shape index (κ1) is 10.1. The van der Waals surface area contributed by atoms with Crippen LogP contribution in [0.5, 0.6) is 0 Å². The molecule has 0 aromatic carbocycles. The lowest BCUT2D eigenvalue weighted by Crippen LogP contribution is -2.47. The van der Waals surface area contributed by atoms with E-state index in [0.29, 0.717) is 5.37 Å². The summed E-state index contributed by atoms with van der Waals surface area (Å²) < 4.78 is 0. The van der Waals surface area contributed by atoms with E-state index in [2.05, 4.69) is 40.8 Å². The molecule has 0 spiro atoms. The van der Waals surface area contributed by atoms with Crippen molar-refractivity contribution in [3.05, 3.63) is 7.05 Å². The summed E-state index contributed by atoms with van der Waals surface area (Å²) in [6.45, 7) is 3.50. The molecule has 0 aromatic heterocycles. The van der Waals surface area contributed by atoms with Crippen molar-refractivity contribution in [3.63, 3.8) is 0 Å². The highest BCUT2D eigenvalue weighted by Crippen LogP contribution is 2.28. The Kier molecular flexibility index (Phi) is 3.84. The van der Waals surface area contributed by atoms with Crippen molar-refractivity contribution < 1.29 is 0 Å². The highest BCUT2D eigenvalue weighted by molar-refractivity contribution is 8.03. The molecule has 13 heavy (non-hydrogen) atoms. The van der Waals surface area contributed by atoms with Gasteiger partial charge in [-0.2, -0.15) is 11.8 Å². The van der Waals surface area contributed by atoms with E-state index >= 15 is 0 Å². The lowest BCUT2D eigenvalue weighted by Gasteiger charge is -2.36. The summed E-state index contributed by atoms with van der Waals surface area (Å²) >= 11 is 4.19. The Hall–Kier alpha value is 0.620. The zero-order chi connectivity index (χ0) is 9.10. The van der Waals surface area contributed by atoms with Crippen molar-refractivity contribution in [2.24, 2.45) is 0 Å². The first-order valence-electron chi connectivity index (χ1n) is 4.88. The van der Waals surface area contributed by atoms with Crippen molar-refractivity contribution in [1.29, 1.82) is 0 Å². The van der Waals surface area contributed by atoms with Gasteiger partial charge in [-0.1, -0.05) is 0 Å². The first-order chi connectivity index (χ1) is 6.36. The number of hydrogen-bond acceptors (Lipinski definition) is 4. The molecular formula is C9H17N2S2. The number of nitrogens with zero attached hydrogens (tertiary/aromatic N) is 1. The molecule has 2 heterocycles. The summed E-state index contributed by atoms with van der Waals surface area (Å²) in [7, 11) is 4.03. The Morgan fingerprint density at radius 2 is 2.23 bits per heavy atom. The van der Waals surface area contributed by atoms with Gasteiger partial charge in [0, 0.05) is 31.1 Å². The highest BCUT2D eigenvalue weighted by atomic mass is 32.2. The Labute approximate surface area is 89.2 Å². The molecule has 0 aromatic rings. The fourth-order valence-corrected chi connectivity index (χ4v) is 4.57. The molecule has 2 rings (SSSR count). The van der Waals surface area contributed by atoms with Crippen LogP contribution in [0.3, 0.4) is 0 Å². The van der Waals surface area contributed by atoms with Crippen LogP contribution in [0.2, 0.25) is 0 Å². The van der Waals surface area contributed by atoms with Crippen LogP contribution in [0.15, 0.2) is 0 Å². The summed E-state index contributed by atoms with van der Waals surface area (Å²) in [4.78, 5) is 2.21. The van der Waals surface area contributed by atoms with Crippen LogP contribution in [-0.2, 0) is 0 Å². The average molecular weight is 217 g/mol. The maximum Gasteiger partial charge on any atom is 0.0665 e. The van der Waals surface area contributed by atoms with Crippen LogP contribution in [0.25, 0.3) is 0 Å².